The Morgan fingerprint density at radius 2 is 2.00 bits per heavy atom. The molecule has 1 aromatic rings. The van der Waals surface area contributed by atoms with Gasteiger partial charge in [-0.3, -0.25) is 9.59 Å². The summed E-state index contributed by atoms with van der Waals surface area (Å²) in [5.41, 5.74) is 6.82. The molecule has 0 radical (unpaired) electrons. The predicted molar refractivity (Wildman–Crippen MR) is 63.2 cm³/mol. The lowest BCUT2D eigenvalue weighted by Crippen LogP contribution is -2.44. The van der Waals surface area contributed by atoms with E-state index in [0.29, 0.717) is 5.69 Å². The second-order valence-electron chi connectivity index (χ2n) is 4.15. The van der Waals surface area contributed by atoms with E-state index < -0.39 is 23.9 Å². The largest absolute Gasteiger partial charge is 0.460 e. The minimum absolute atomic E-state index is 0.280. The number of amides is 1. The molecule has 0 saturated heterocycles. The summed E-state index contributed by atoms with van der Waals surface area (Å²) in [5.74, 6) is -4.05. The van der Waals surface area contributed by atoms with E-state index in [1.807, 2.05) is 5.32 Å². The molecule has 1 atom stereocenters. The number of nitrogen functional groups attached to an aromatic ring is 1. The number of alkyl halides is 3. The maximum absolute atomic E-state index is 12.0. The minimum atomic E-state index is -5.15. The van der Waals surface area contributed by atoms with Gasteiger partial charge in [0.15, 0.2) is 0 Å². The molecule has 0 aliphatic heterocycles. The van der Waals surface area contributed by atoms with E-state index in [9.17, 15) is 22.8 Å². The summed E-state index contributed by atoms with van der Waals surface area (Å²) < 4.78 is 36.0. The molecule has 0 spiro atoms. The van der Waals surface area contributed by atoms with Gasteiger partial charge in [0.1, 0.15) is 0 Å². The number of halogens is 3. The van der Waals surface area contributed by atoms with Crippen LogP contribution in [-0.4, -0.2) is 23.9 Å². The van der Waals surface area contributed by atoms with E-state index in [1.165, 1.54) is 6.92 Å². The molecule has 1 aromatic carbocycles. The first-order valence-electron chi connectivity index (χ1n) is 5.46. The Morgan fingerprint density at radius 1 is 1.37 bits per heavy atom. The van der Waals surface area contributed by atoms with Crippen LogP contribution in [0, 0.1) is 0 Å². The summed E-state index contributed by atoms with van der Waals surface area (Å²) in [6.45, 7) is 1.50. The highest BCUT2D eigenvalue weighted by atomic mass is 19.4. The number of hydrogen-bond acceptors (Lipinski definition) is 3. The molecule has 104 valence electrons. The van der Waals surface area contributed by atoms with Crippen LogP contribution in [0.5, 0.6) is 0 Å². The van der Waals surface area contributed by atoms with Crippen LogP contribution in [0.1, 0.15) is 12.5 Å². The molecule has 1 amide bonds. The van der Waals surface area contributed by atoms with Gasteiger partial charge in [-0.15, -0.1) is 0 Å². The minimum Gasteiger partial charge on any atom is -0.399 e. The van der Waals surface area contributed by atoms with E-state index in [-0.39, 0.29) is 6.42 Å². The maximum atomic E-state index is 12.0. The van der Waals surface area contributed by atoms with Crippen LogP contribution >= 0.6 is 0 Å². The van der Waals surface area contributed by atoms with E-state index in [1.54, 1.807) is 24.3 Å². The first-order valence-corrected chi connectivity index (χ1v) is 5.46. The van der Waals surface area contributed by atoms with Crippen molar-refractivity contribution < 1.29 is 22.8 Å². The van der Waals surface area contributed by atoms with Crippen LogP contribution in [0.3, 0.4) is 0 Å². The Morgan fingerprint density at radius 3 is 2.53 bits per heavy atom. The predicted octanol–water partition coefficient (Wildman–Crippen LogP) is 1.45. The Kier molecular flexibility index (Phi) is 4.52. The second-order valence-corrected chi connectivity index (χ2v) is 4.15. The summed E-state index contributed by atoms with van der Waals surface area (Å²) in [7, 11) is 0. The third-order valence-corrected chi connectivity index (χ3v) is 2.33. The van der Waals surface area contributed by atoms with Gasteiger partial charge in [-0.25, -0.2) is 0 Å². The lowest BCUT2D eigenvalue weighted by molar-refractivity contribution is -0.175. The monoisotopic (exact) mass is 274 g/mol. The highest BCUT2D eigenvalue weighted by molar-refractivity contribution is 6.38. The van der Waals surface area contributed by atoms with Crippen molar-refractivity contribution in [1.82, 2.24) is 5.32 Å². The second kappa shape index (κ2) is 5.73. The molecule has 0 aromatic heterocycles. The van der Waals surface area contributed by atoms with Crippen molar-refractivity contribution in [2.24, 2.45) is 0 Å². The lowest BCUT2D eigenvalue weighted by atomic mass is 10.1. The molecule has 1 rings (SSSR count). The molecule has 0 fully saturated rings. The molecule has 7 heteroatoms. The Bertz CT molecular complexity index is 486. The number of ketones is 1. The third-order valence-electron chi connectivity index (χ3n) is 2.33. The van der Waals surface area contributed by atoms with Crippen molar-refractivity contribution in [3.63, 3.8) is 0 Å². The van der Waals surface area contributed by atoms with E-state index in [4.69, 9.17) is 5.73 Å². The molecular formula is C12H13F3N2O2. The van der Waals surface area contributed by atoms with Crippen LogP contribution in [0.15, 0.2) is 24.3 Å². The van der Waals surface area contributed by atoms with Gasteiger partial charge in [0, 0.05) is 11.7 Å². The highest BCUT2D eigenvalue weighted by Crippen LogP contribution is 2.16. The summed E-state index contributed by atoms with van der Waals surface area (Å²) in [6.07, 6.45) is -4.87. The first kappa shape index (κ1) is 15.0. The number of carbonyl (C=O) groups is 2. The van der Waals surface area contributed by atoms with Gasteiger partial charge >= 0.3 is 12.0 Å². The zero-order chi connectivity index (χ0) is 14.6. The highest BCUT2D eigenvalue weighted by Gasteiger charge is 2.43. The molecule has 1 unspecified atom stereocenters. The Labute approximate surface area is 107 Å². The van der Waals surface area contributed by atoms with Gasteiger partial charge in [-0.05, 0) is 31.0 Å². The van der Waals surface area contributed by atoms with Gasteiger partial charge in [0.25, 0.3) is 5.91 Å². The van der Waals surface area contributed by atoms with Crippen LogP contribution in [0.2, 0.25) is 0 Å². The molecule has 4 nitrogen and oxygen atoms in total. The number of carbonyl (C=O) groups excluding carboxylic acids is 2. The normalized spacial score (nSPS) is 12.8. The zero-order valence-corrected chi connectivity index (χ0v) is 10.1. The lowest BCUT2D eigenvalue weighted by Gasteiger charge is -2.14. The van der Waals surface area contributed by atoms with E-state index in [2.05, 4.69) is 0 Å². The Balaban J connectivity index is 2.59. The number of benzene rings is 1. The van der Waals surface area contributed by atoms with Crippen molar-refractivity contribution in [1.29, 1.82) is 0 Å². The number of Topliss-reactive ketones (excluding diaryl/α,β-unsaturated/α-hetero) is 1. The molecule has 0 aliphatic rings. The number of nitrogens with two attached hydrogens (primary N) is 1. The Hall–Kier alpha value is -2.05. The van der Waals surface area contributed by atoms with Gasteiger partial charge in [0.2, 0.25) is 0 Å². The number of nitrogens with one attached hydrogen (secondary N) is 1. The number of anilines is 1. The molecule has 0 saturated carbocycles. The molecule has 0 heterocycles. The average Bonchev–Trinajstić information content (AvgIpc) is 2.26. The fourth-order valence-electron chi connectivity index (χ4n) is 1.54. The van der Waals surface area contributed by atoms with Gasteiger partial charge < -0.3 is 11.1 Å². The fraction of sp³-hybridized carbons (Fsp3) is 0.333. The van der Waals surface area contributed by atoms with Crippen molar-refractivity contribution in [2.75, 3.05) is 5.73 Å². The van der Waals surface area contributed by atoms with Crippen LogP contribution in [0.25, 0.3) is 0 Å². The van der Waals surface area contributed by atoms with Crippen LogP contribution < -0.4 is 11.1 Å². The topological polar surface area (TPSA) is 72.2 Å². The van der Waals surface area contributed by atoms with Crippen LogP contribution in [-0.2, 0) is 16.0 Å². The quantitative estimate of drug-likeness (QED) is 0.644. The maximum Gasteiger partial charge on any atom is 0.460 e. The SMILES string of the molecule is CC(Cc1cccc(N)c1)NC(=O)C(=O)C(F)(F)F. The fourth-order valence-corrected chi connectivity index (χ4v) is 1.54. The molecule has 0 bridgehead atoms. The van der Waals surface area contributed by atoms with E-state index >= 15 is 0 Å². The summed E-state index contributed by atoms with van der Waals surface area (Å²) in [4.78, 5) is 21.7. The molecule has 0 aliphatic carbocycles. The van der Waals surface area contributed by atoms with Gasteiger partial charge in [-0.2, -0.15) is 13.2 Å². The van der Waals surface area contributed by atoms with Gasteiger partial charge in [0.05, 0.1) is 0 Å². The summed E-state index contributed by atoms with van der Waals surface area (Å²) >= 11 is 0. The molecule has 19 heavy (non-hydrogen) atoms. The molecular weight excluding hydrogens is 261 g/mol. The zero-order valence-electron chi connectivity index (χ0n) is 10.1. The standard InChI is InChI=1S/C12H13F3N2O2/c1-7(5-8-3-2-4-9(16)6-8)17-11(19)10(18)12(13,14)15/h2-4,6-7H,5,16H2,1H3,(H,17,19). The third kappa shape index (κ3) is 4.61. The van der Waals surface area contributed by atoms with Crippen molar-refractivity contribution >= 4 is 17.4 Å². The van der Waals surface area contributed by atoms with Crippen LogP contribution in [0.4, 0.5) is 18.9 Å². The number of hydrogen-bond donors (Lipinski definition) is 2. The van der Waals surface area contributed by atoms with Crippen molar-refractivity contribution in [3.05, 3.63) is 29.8 Å². The first-order chi connectivity index (χ1) is 8.70. The van der Waals surface area contributed by atoms with Crippen molar-refractivity contribution in [2.45, 2.75) is 25.6 Å². The summed E-state index contributed by atoms with van der Waals surface area (Å²) in [6, 6.07) is 6.12. The number of rotatable bonds is 4. The smallest absolute Gasteiger partial charge is 0.399 e. The molecule has 3 N–H and O–H groups in total. The average molecular weight is 274 g/mol. The van der Waals surface area contributed by atoms with Crippen molar-refractivity contribution in [3.8, 4) is 0 Å². The van der Waals surface area contributed by atoms with Gasteiger partial charge in [-0.1, -0.05) is 12.1 Å². The van der Waals surface area contributed by atoms with E-state index in [0.717, 1.165) is 5.56 Å². The summed E-state index contributed by atoms with van der Waals surface area (Å²) in [5, 5.41) is 2.00.